The van der Waals surface area contributed by atoms with E-state index in [2.05, 4.69) is 35.8 Å². The number of pyridine rings is 1. The van der Waals surface area contributed by atoms with Gasteiger partial charge in [0.05, 0.1) is 18.3 Å². The summed E-state index contributed by atoms with van der Waals surface area (Å²) in [6, 6.07) is 5.93. The van der Waals surface area contributed by atoms with E-state index >= 15 is 0 Å². The molecule has 1 amide bonds. The molecule has 0 spiro atoms. The van der Waals surface area contributed by atoms with Crippen molar-refractivity contribution in [3.8, 4) is 0 Å². The Morgan fingerprint density at radius 3 is 2.91 bits per heavy atom. The second kappa shape index (κ2) is 9.31. The molecule has 5 rings (SSSR count). The summed E-state index contributed by atoms with van der Waals surface area (Å²) in [5.74, 6) is 1.23. The van der Waals surface area contributed by atoms with E-state index in [4.69, 9.17) is 4.98 Å². The molecule has 11 heteroatoms. The third-order valence-electron chi connectivity index (χ3n) is 5.71. The first-order valence-corrected chi connectivity index (χ1v) is 11.7. The summed E-state index contributed by atoms with van der Waals surface area (Å²) >= 11 is 1.47. The third-order valence-corrected chi connectivity index (χ3v) is 6.61. The highest BCUT2D eigenvalue weighted by Gasteiger charge is 2.21. The van der Waals surface area contributed by atoms with Gasteiger partial charge in [-0.25, -0.2) is 15.0 Å². The van der Waals surface area contributed by atoms with E-state index in [-0.39, 0.29) is 18.1 Å². The van der Waals surface area contributed by atoms with E-state index in [1.54, 1.807) is 6.20 Å². The van der Waals surface area contributed by atoms with E-state index < -0.39 is 0 Å². The smallest absolute Gasteiger partial charge is 0.234 e. The monoisotopic (exact) mass is 454 g/mol. The number of aromatic nitrogens is 4. The lowest BCUT2D eigenvalue weighted by Crippen LogP contribution is -2.47. The van der Waals surface area contributed by atoms with Crippen molar-refractivity contribution in [1.29, 1.82) is 0 Å². The second-order valence-corrected chi connectivity index (χ2v) is 9.23. The van der Waals surface area contributed by atoms with Crippen LogP contribution in [0.5, 0.6) is 0 Å². The summed E-state index contributed by atoms with van der Waals surface area (Å²) in [5.41, 5.74) is 1.67. The van der Waals surface area contributed by atoms with Gasteiger partial charge in [0.2, 0.25) is 11.9 Å². The van der Waals surface area contributed by atoms with Crippen LogP contribution < -0.4 is 16.0 Å². The molecule has 0 radical (unpaired) electrons. The number of carbonyl (C=O) groups is 1. The number of fused-ring (bicyclic) bond motifs is 1. The molecule has 0 unspecified atom stereocenters. The van der Waals surface area contributed by atoms with Crippen LogP contribution >= 0.6 is 11.3 Å². The zero-order valence-electron chi connectivity index (χ0n) is 17.6. The average Bonchev–Trinajstić information content (AvgIpc) is 3.17. The number of hydrogen-bond acceptors (Lipinski definition) is 10. The number of amides is 1. The van der Waals surface area contributed by atoms with Gasteiger partial charge in [0.25, 0.3) is 0 Å². The van der Waals surface area contributed by atoms with Crippen molar-refractivity contribution in [3.05, 3.63) is 30.1 Å². The van der Waals surface area contributed by atoms with Crippen LogP contribution in [0.2, 0.25) is 0 Å². The molecule has 3 aromatic heterocycles. The predicted molar refractivity (Wildman–Crippen MR) is 123 cm³/mol. The SMILES string of the molecule is O=C1CN(Cc2cc(Nc3nc4cccnc4s3)nc(N[C@H]3CC[C@H](O)CC3)n2)CCN1. The molecule has 2 aliphatic rings. The quantitative estimate of drug-likeness (QED) is 0.441. The van der Waals surface area contributed by atoms with Crippen LogP contribution in [0.1, 0.15) is 31.4 Å². The largest absolute Gasteiger partial charge is 0.393 e. The average molecular weight is 455 g/mol. The first kappa shape index (κ1) is 21.0. The summed E-state index contributed by atoms with van der Waals surface area (Å²) in [6.45, 7) is 2.35. The Labute approximate surface area is 189 Å². The molecular weight excluding hydrogens is 428 g/mol. The highest BCUT2D eigenvalue weighted by atomic mass is 32.1. The van der Waals surface area contributed by atoms with Crippen molar-refractivity contribution in [2.24, 2.45) is 0 Å². The minimum absolute atomic E-state index is 0.0322. The minimum atomic E-state index is -0.213. The molecular formula is C21H26N8O2S. The molecule has 2 fully saturated rings. The molecule has 1 aliphatic heterocycles. The molecule has 10 nitrogen and oxygen atoms in total. The van der Waals surface area contributed by atoms with Crippen LogP contribution in [0, 0.1) is 0 Å². The van der Waals surface area contributed by atoms with Crippen molar-refractivity contribution in [2.45, 2.75) is 44.4 Å². The molecule has 0 atom stereocenters. The number of aliphatic hydroxyl groups is 1. The van der Waals surface area contributed by atoms with Gasteiger partial charge in [0.15, 0.2) is 5.13 Å². The number of nitrogens with one attached hydrogen (secondary N) is 3. The highest BCUT2D eigenvalue weighted by Crippen LogP contribution is 2.27. The molecule has 1 saturated carbocycles. The van der Waals surface area contributed by atoms with Gasteiger partial charge in [0, 0.05) is 37.9 Å². The minimum Gasteiger partial charge on any atom is -0.393 e. The third kappa shape index (κ3) is 5.12. The fraction of sp³-hybridized carbons (Fsp3) is 0.476. The fourth-order valence-electron chi connectivity index (χ4n) is 4.10. The molecule has 0 bridgehead atoms. The van der Waals surface area contributed by atoms with Gasteiger partial charge in [0.1, 0.15) is 16.2 Å². The van der Waals surface area contributed by atoms with Crippen LogP contribution in [-0.4, -0.2) is 67.6 Å². The summed E-state index contributed by atoms with van der Waals surface area (Å²) in [7, 11) is 0. The summed E-state index contributed by atoms with van der Waals surface area (Å²) in [5, 5.41) is 20.1. The Kier molecular flexibility index (Phi) is 6.10. The fourth-order valence-corrected chi connectivity index (χ4v) is 4.91. The maximum absolute atomic E-state index is 11.8. The first-order valence-electron chi connectivity index (χ1n) is 10.9. The van der Waals surface area contributed by atoms with E-state index in [1.807, 2.05) is 18.2 Å². The number of hydrogen-bond donors (Lipinski definition) is 4. The Morgan fingerprint density at radius 1 is 1.22 bits per heavy atom. The van der Waals surface area contributed by atoms with Gasteiger partial charge in [-0.2, -0.15) is 4.98 Å². The number of nitrogens with zero attached hydrogens (tertiary/aromatic N) is 5. The number of thiazole rings is 1. The zero-order chi connectivity index (χ0) is 21.9. The summed E-state index contributed by atoms with van der Waals surface area (Å²) in [4.78, 5) is 33.0. The van der Waals surface area contributed by atoms with Crippen LogP contribution in [0.25, 0.3) is 10.3 Å². The molecule has 168 valence electrons. The lowest BCUT2D eigenvalue weighted by molar-refractivity contribution is -0.124. The zero-order valence-corrected chi connectivity index (χ0v) is 18.4. The van der Waals surface area contributed by atoms with E-state index in [0.29, 0.717) is 36.5 Å². The Balaban J connectivity index is 1.38. The van der Waals surface area contributed by atoms with Crippen LogP contribution in [0.4, 0.5) is 16.9 Å². The maximum Gasteiger partial charge on any atom is 0.234 e. The summed E-state index contributed by atoms with van der Waals surface area (Å²) in [6.07, 6.45) is 4.87. The summed E-state index contributed by atoms with van der Waals surface area (Å²) < 4.78 is 0. The van der Waals surface area contributed by atoms with Crippen LogP contribution in [-0.2, 0) is 11.3 Å². The Hall–Kier alpha value is -2.89. The number of anilines is 3. The van der Waals surface area contributed by atoms with Crippen molar-refractivity contribution in [1.82, 2.24) is 30.2 Å². The number of rotatable bonds is 6. The second-order valence-electron chi connectivity index (χ2n) is 8.25. The topological polar surface area (TPSA) is 128 Å². The van der Waals surface area contributed by atoms with Crippen LogP contribution in [0.3, 0.4) is 0 Å². The van der Waals surface area contributed by atoms with E-state index in [0.717, 1.165) is 48.3 Å². The van der Waals surface area contributed by atoms with E-state index in [9.17, 15) is 9.90 Å². The van der Waals surface area contributed by atoms with Gasteiger partial charge < -0.3 is 21.1 Å². The van der Waals surface area contributed by atoms with Gasteiger partial charge in [-0.15, -0.1) is 0 Å². The van der Waals surface area contributed by atoms with Gasteiger partial charge in [-0.3, -0.25) is 9.69 Å². The first-order chi connectivity index (χ1) is 15.6. The lowest BCUT2D eigenvalue weighted by Gasteiger charge is -2.27. The Bertz CT molecular complexity index is 1070. The molecule has 0 aromatic carbocycles. The lowest BCUT2D eigenvalue weighted by atomic mass is 9.93. The number of carbonyl (C=O) groups excluding carboxylic acids is 1. The van der Waals surface area contributed by atoms with Crippen LogP contribution in [0.15, 0.2) is 24.4 Å². The maximum atomic E-state index is 11.8. The van der Waals surface area contributed by atoms with Crippen molar-refractivity contribution < 1.29 is 9.90 Å². The predicted octanol–water partition coefficient (Wildman–Crippen LogP) is 1.87. The molecule has 32 heavy (non-hydrogen) atoms. The van der Waals surface area contributed by atoms with E-state index in [1.165, 1.54) is 11.3 Å². The Morgan fingerprint density at radius 2 is 2.09 bits per heavy atom. The highest BCUT2D eigenvalue weighted by molar-refractivity contribution is 7.21. The molecule has 3 aromatic rings. The van der Waals surface area contributed by atoms with Gasteiger partial charge in [-0.1, -0.05) is 11.3 Å². The normalized spacial score (nSPS) is 22.0. The van der Waals surface area contributed by atoms with Gasteiger partial charge >= 0.3 is 0 Å². The van der Waals surface area contributed by atoms with Crippen molar-refractivity contribution in [2.75, 3.05) is 30.3 Å². The van der Waals surface area contributed by atoms with Crippen molar-refractivity contribution in [3.63, 3.8) is 0 Å². The molecule has 4 heterocycles. The molecule has 4 N–H and O–H groups in total. The molecule has 1 aliphatic carbocycles. The van der Waals surface area contributed by atoms with Crippen molar-refractivity contribution >= 4 is 44.5 Å². The number of aliphatic hydroxyl groups excluding tert-OH is 1. The standard InChI is InChI=1S/C21H26N8O2S/c30-15-5-3-13(4-6-15)24-20-25-14(11-29-9-8-22-18(31)12-29)10-17(27-20)28-21-26-16-2-1-7-23-19(16)32-21/h1-2,7,10,13,15,30H,3-6,8-9,11-12H2,(H,22,31)(H2,24,25,26,27,28)/t13-,15-. The van der Waals surface area contributed by atoms with Gasteiger partial charge in [-0.05, 0) is 37.8 Å². The number of piperazine rings is 1. The molecule has 1 saturated heterocycles.